The number of carbonyl (C=O) groups is 1. The molecule has 7 heteroatoms. The van der Waals surface area contributed by atoms with Crippen molar-refractivity contribution in [2.24, 2.45) is 0 Å². The van der Waals surface area contributed by atoms with Gasteiger partial charge >= 0.3 is 0 Å². The van der Waals surface area contributed by atoms with Gasteiger partial charge in [0.2, 0.25) is 0 Å². The molecule has 7 nitrogen and oxygen atoms in total. The molecule has 1 fully saturated rings. The highest BCUT2D eigenvalue weighted by atomic mass is 16.2. The molecular weight excluding hydrogens is 244 g/mol. The van der Waals surface area contributed by atoms with Crippen LogP contribution in [0, 0.1) is 0 Å². The van der Waals surface area contributed by atoms with Crippen molar-refractivity contribution in [2.45, 2.75) is 18.9 Å². The first-order chi connectivity index (χ1) is 9.34. The highest BCUT2D eigenvalue weighted by Crippen LogP contribution is 2.21. The van der Waals surface area contributed by atoms with Crippen molar-refractivity contribution in [3.05, 3.63) is 36.9 Å². The first-order valence-electron chi connectivity index (χ1n) is 6.24. The van der Waals surface area contributed by atoms with E-state index in [0.717, 1.165) is 19.4 Å². The average Bonchev–Trinajstić information content (AvgIpc) is 3.02. The summed E-state index contributed by atoms with van der Waals surface area (Å²) in [7, 11) is 0. The highest BCUT2D eigenvalue weighted by Gasteiger charge is 2.26. The van der Waals surface area contributed by atoms with Crippen LogP contribution in [-0.4, -0.2) is 48.6 Å². The van der Waals surface area contributed by atoms with E-state index in [0.29, 0.717) is 12.2 Å². The summed E-state index contributed by atoms with van der Waals surface area (Å²) < 4.78 is 1.82. The third kappa shape index (κ3) is 2.44. The molecule has 1 aliphatic heterocycles. The summed E-state index contributed by atoms with van der Waals surface area (Å²) in [5.41, 5.74) is 0.391. The van der Waals surface area contributed by atoms with Gasteiger partial charge < -0.3 is 4.90 Å². The normalized spacial score (nSPS) is 19.4. The predicted octanol–water partition coefficient (Wildman–Crippen LogP) is 0.545. The number of hydrogen-bond acceptors (Lipinski definition) is 5. The fraction of sp³-hybridized carbons (Fsp3) is 0.417. The summed E-state index contributed by atoms with van der Waals surface area (Å²) in [5, 5.41) is 4.15. The largest absolute Gasteiger partial charge is 0.335 e. The quantitative estimate of drug-likeness (QED) is 0.786. The van der Waals surface area contributed by atoms with Gasteiger partial charge in [-0.2, -0.15) is 5.10 Å². The molecule has 1 saturated heterocycles. The van der Waals surface area contributed by atoms with Gasteiger partial charge in [0, 0.05) is 25.5 Å². The SMILES string of the molecule is O=C(c1cnccn1)N1CCC[C@@H](n2cncn2)C1. The fourth-order valence-corrected chi connectivity index (χ4v) is 2.33. The number of carbonyl (C=O) groups excluding carboxylic acids is 1. The molecule has 2 aromatic rings. The lowest BCUT2D eigenvalue weighted by atomic mass is 10.1. The lowest BCUT2D eigenvalue weighted by molar-refractivity contribution is 0.0666. The van der Waals surface area contributed by atoms with Crippen LogP contribution < -0.4 is 0 Å². The summed E-state index contributed by atoms with van der Waals surface area (Å²) in [4.78, 5) is 26.0. The number of rotatable bonds is 2. The lowest BCUT2D eigenvalue weighted by Gasteiger charge is -2.32. The van der Waals surface area contributed by atoms with Gasteiger partial charge in [0.25, 0.3) is 5.91 Å². The molecule has 0 bridgehead atoms. The molecule has 0 aliphatic carbocycles. The van der Waals surface area contributed by atoms with E-state index < -0.39 is 0 Å². The first kappa shape index (κ1) is 11.8. The van der Waals surface area contributed by atoms with E-state index in [1.807, 2.05) is 4.68 Å². The second-order valence-corrected chi connectivity index (χ2v) is 4.51. The minimum absolute atomic E-state index is 0.0714. The van der Waals surface area contributed by atoms with Crippen molar-refractivity contribution in [1.29, 1.82) is 0 Å². The van der Waals surface area contributed by atoms with Crippen LogP contribution in [0.5, 0.6) is 0 Å². The minimum Gasteiger partial charge on any atom is -0.335 e. The van der Waals surface area contributed by atoms with Crippen LogP contribution in [0.2, 0.25) is 0 Å². The first-order valence-corrected chi connectivity index (χ1v) is 6.24. The van der Waals surface area contributed by atoms with Crippen molar-refractivity contribution >= 4 is 5.91 Å². The Morgan fingerprint density at radius 1 is 1.32 bits per heavy atom. The van der Waals surface area contributed by atoms with Gasteiger partial charge in [-0.05, 0) is 12.8 Å². The number of nitrogens with zero attached hydrogens (tertiary/aromatic N) is 6. The third-order valence-electron chi connectivity index (χ3n) is 3.28. The molecule has 3 heterocycles. The molecule has 3 rings (SSSR count). The molecule has 1 amide bonds. The van der Waals surface area contributed by atoms with Crippen LogP contribution in [0.3, 0.4) is 0 Å². The van der Waals surface area contributed by atoms with E-state index in [2.05, 4.69) is 20.1 Å². The van der Waals surface area contributed by atoms with Crippen LogP contribution in [0.25, 0.3) is 0 Å². The maximum atomic E-state index is 12.3. The maximum absolute atomic E-state index is 12.3. The Hall–Kier alpha value is -2.31. The van der Waals surface area contributed by atoms with Gasteiger partial charge in [-0.1, -0.05) is 0 Å². The molecule has 0 N–H and O–H groups in total. The van der Waals surface area contributed by atoms with Crippen LogP contribution in [0.1, 0.15) is 29.4 Å². The van der Waals surface area contributed by atoms with E-state index in [1.54, 1.807) is 17.4 Å². The molecule has 2 aromatic heterocycles. The van der Waals surface area contributed by atoms with Gasteiger partial charge in [0.1, 0.15) is 18.3 Å². The second kappa shape index (κ2) is 5.13. The summed E-state index contributed by atoms with van der Waals surface area (Å²) >= 11 is 0. The van der Waals surface area contributed by atoms with Gasteiger partial charge in [-0.15, -0.1) is 0 Å². The number of aromatic nitrogens is 5. The molecule has 0 radical (unpaired) electrons. The molecule has 0 saturated carbocycles. The predicted molar refractivity (Wildman–Crippen MR) is 66.2 cm³/mol. The lowest BCUT2D eigenvalue weighted by Crippen LogP contribution is -2.41. The van der Waals surface area contributed by atoms with E-state index in [9.17, 15) is 4.79 Å². The topological polar surface area (TPSA) is 76.8 Å². The van der Waals surface area contributed by atoms with Gasteiger partial charge in [0.05, 0.1) is 12.2 Å². The number of piperidine rings is 1. The zero-order valence-electron chi connectivity index (χ0n) is 10.4. The van der Waals surface area contributed by atoms with Gasteiger partial charge in [0.15, 0.2) is 0 Å². The second-order valence-electron chi connectivity index (χ2n) is 4.51. The highest BCUT2D eigenvalue weighted by molar-refractivity contribution is 5.92. The standard InChI is InChI=1S/C12H14N6O/c19-12(11-6-13-3-4-15-11)17-5-1-2-10(7-17)18-9-14-8-16-18/h3-4,6,8-10H,1-2,5,7H2/t10-/m1/s1. The maximum Gasteiger partial charge on any atom is 0.274 e. The van der Waals surface area contributed by atoms with Crippen LogP contribution in [-0.2, 0) is 0 Å². The zero-order chi connectivity index (χ0) is 13.1. The molecule has 1 atom stereocenters. The van der Waals surface area contributed by atoms with E-state index in [1.165, 1.54) is 18.7 Å². The Labute approximate surface area is 110 Å². The molecule has 19 heavy (non-hydrogen) atoms. The summed E-state index contributed by atoms with van der Waals surface area (Å²) in [5.74, 6) is -0.0714. The zero-order valence-corrected chi connectivity index (χ0v) is 10.4. The van der Waals surface area contributed by atoms with E-state index in [4.69, 9.17) is 0 Å². The van der Waals surface area contributed by atoms with Gasteiger partial charge in [-0.25, -0.2) is 14.6 Å². The Morgan fingerprint density at radius 2 is 2.26 bits per heavy atom. The number of hydrogen-bond donors (Lipinski definition) is 0. The Balaban J connectivity index is 1.73. The van der Waals surface area contributed by atoms with E-state index in [-0.39, 0.29) is 11.9 Å². The fourth-order valence-electron chi connectivity index (χ4n) is 2.33. The van der Waals surface area contributed by atoms with Gasteiger partial charge in [-0.3, -0.25) is 9.78 Å². The molecular formula is C12H14N6O. The molecule has 98 valence electrons. The smallest absolute Gasteiger partial charge is 0.274 e. The Bertz CT molecular complexity index is 541. The third-order valence-corrected chi connectivity index (χ3v) is 3.28. The summed E-state index contributed by atoms with van der Waals surface area (Å²) in [6, 6.07) is 0.192. The Kier molecular flexibility index (Phi) is 3.18. The van der Waals surface area contributed by atoms with Crippen molar-refractivity contribution in [3.63, 3.8) is 0 Å². The monoisotopic (exact) mass is 258 g/mol. The van der Waals surface area contributed by atoms with Crippen LogP contribution in [0.4, 0.5) is 0 Å². The van der Waals surface area contributed by atoms with Crippen molar-refractivity contribution in [3.8, 4) is 0 Å². The average molecular weight is 258 g/mol. The molecule has 0 spiro atoms. The molecule has 1 aliphatic rings. The Morgan fingerprint density at radius 3 is 3.00 bits per heavy atom. The number of amides is 1. The van der Waals surface area contributed by atoms with Crippen molar-refractivity contribution in [1.82, 2.24) is 29.6 Å². The summed E-state index contributed by atoms with van der Waals surface area (Å²) in [6.07, 6.45) is 9.77. The molecule has 0 aromatic carbocycles. The minimum atomic E-state index is -0.0714. The number of likely N-dealkylation sites (tertiary alicyclic amines) is 1. The van der Waals surface area contributed by atoms with Crippen molar-refractivity contribution in [2.75, 3.05) is 13.1 Å². The van der Waals surface area contributed by atoms with E-state index >= 15 is 0 Å². The molecule has 0 unspecified atom stereocenters. The van der Waals surface area contributed by atoms with Crippen LogP contribution >= 0.6 is 0 Å². The van der Waals surface area contributed by atoms with Crippen LogP contribution in [0.15, 0.2) is 31.2 Å². The summed E-state index contributed by atoms with van der Waals surface area (Å²) in [6.45, 7) is 1.39. The van der Waals surface area contributed by atoms with Crippen molar-refractivity contribution < 1.29 is 4.79 Å².